The van der Waals surface area contributed by atoms with Gasteiger partial charge in [-0.1, -0.05) is 0 Å². The Kier molecular flexibility index (Phi) is 3.11. The number of aryl methyl sites for hydroxylation is 1. The van der Waals surface area contributed by atoms with Gasteiger partial charge in [0.05, 0.1) is 12.8 Å². The van der Waals surface area contributed by atoms with Crippen molar-refractivity contribution < 1.29 is 9.21 Å². The number of carbonyl (C=O) groups is 1. The Morgan fingerprint density at radius 2 is 2.36 bits per heavy atom. The second-order valence-electron chi connectivity index (χ2n) is 2.72. The number of hydrogen-bond acceptors (Lipinski definition) is 2. The van der Waals surface area contributed by atoms with Gasteiger partial charge in [-0.3, -0.25) is 0 Å². The molecule has 0 saturated carbocycles. The average molecular weight is 196 g/mol. The lowest BCUT2D eigenvalue weighted by Crippen LogP contribution is -2.28. The van der Waals surface area contributed by atoms with Crippen LogP contribution in [-0.4, -0.2) is 12.0 Å². The summed E-state index contributed by atoms with van der Waals surface area (Å²) < 4.78 is 5.09. The van der Waals surface area contributed by atoms with E-state index in [4.69, 9.17) is 15.9 Å². The third-order valence-electron chi connectivity index (χ3n) is 1.60. The number of nitrogens with one attached hydrogen (secondary N) is 1. The molecule has 0 aliphatic heterocycles. The molecule has 6 nitrogen and oxygen atoms in total. The van der Waals surface area contributed by atoms with Gasteiger partial charge < -0.3 is 21.2 Å². The lowest BCUT2D eigenvalue weighted by molar-refractivity contribution is 0.248. The third-order valence-corrected chi connectivity index (χ3v) is 1.60. The smallest absolute Gasteiger partial charge is 0.344 e. The zero-order valence-corrected chi connectivity index (χ0v) is 7.78. The van der Waals surface area contributed by atoms with Gasteiger partial charge in [-0.05, 0) is 18.6 Å². The molecule has 76 valence electrons. The average Bonchev–Trinajstić information content (AvgIpc) is 2.46. The lowest BCUT2D eigenvalue weighted by Gasteiger charge is -1.99. The number of urea groups is 1. The van der Waals surface area contributed by atoms with Gasteiger partial charge in [0.1, 0.15) is 5.76 Å². The van der Waals surface area contributed by atoms with E-state index in [1.165, 1.54) is 0 Å². The molecule has 0 aromatic carbocycles. The van der Waals surface area contributed by atoms with Crippen LogP contribution < -0.4 is 16.8 Å². The Balaban J connectivity index is 2.46. The van der Waals surface area contributed by atoms with Gasteiger partial charge in [0.15, 0.2) is 5.96 Å². The molecule has 1 aromatic rings. The molecule has 0 saturated heterocycles. The molecular weight excluding hydrogens is 184 g/mol. The van der Waals surface area contributed by atoms with Crippen LogP contribution in [0, 0.1) is 6.92 Å². The van der Waals surface area contributed by atoms with E-state index < -0.39 is 6.03 Å². The summed E-state index contributed by atoms with van der Waals surface area (Å²) in [5.41, 5.74) is 11.0. The van der Waals surface area contributed by atoms with Gasteiger partial charge in [-0.2, -0.15) is 4.99 Å². The highest BCUT2D eigenvalue weighted by atomic mass is 16.3. The fourth-order valence-corrected chi connectivity index (χ4v) is 0.898. The summed E-state index contributed by atoms with van der Waals surface area (Å²) in [7, 11) is 0. The number of rotatable bonds is 2. The Labute approximate surface area is 81.0 Å². The fraction of sp³-hybridized carbons (Fsp3) is 0.250. The van der Waals surface area contributed by atoms with Gasteiger partial charge in [0.25, 0.3) is 0 Å². The molecule has 1 rings (SSSR count). The topological polar surface area (TPSA) is 107 Å². The molecule has 0 spiro atoms. The minimum atomic E-state index is -0.583. The molecule has 1 aromatic heterocycles. The summed E-state index contributed by atoms with van der Waals surface area (Å²) in [6.45, 7) is 2.15. The molecule has 1 heterocycles. The summed E-state index contributed by atoms with van der Waals surface area (Å²) in [4.78, 5) is 14.2. The van der Waals surface area contributed by atoms with Crippen molar-refractivity contribution in [1.82, 2.24) is 5.32 Å². The molecule has 0 unspecified atom stereocenters. The van der Waals surface area contributed by atoms with Crippen molar-refractivity contribution in [3.63, 3.8) is 0 Å². The first-order valence-corrected chi connectivity index (χ1v) is 4.00. The van der Waals surface area contributed by atoms with Crippen molar-refractivity contribution in [3.05, 3.63) is 23.7 Å². The summed E-state index contributed by atoms with van der Waals surface area (Å²) in [6, 6.07) is 1.22. The van der Waals surface area contributed by atoms with Crippen LogP contribution in [0.2, 0.25) is 0 Å². The highest BCUT2D eigenvalue weighted by Gasteiger charge is 2.03. The molecule has 2 amide bonds. The van der Waals surface area contributed by atoms with E-state index in [1.54, 1.807) is 6.26 Å². The highest BCUT2D eigenvalue weighted by Crippen LogP contribution is 2.07. The third kappa shape index (κ3) is 2.81. The predicted molar refractivity (Wildman–Crippen MR) is 51.5 cm³/mol. The zero-order valence-electron chi connectivity index (χ0n) is 7.78. The van der Waals surface area contributed by atoms with Crippen LogP contribution in [0.5, 0.6) is 0 Å². The maximum absolute atomic E-state index is 11.0. The first-order valence-electron chi connectivity index (χ1n) is 4.00. The number of amides is 2. The molecular formula is C8H12N4O2. The van der Waals surface area contributed by atoms with Gasteiger partial charge in [0.2, 0.25) is 0 Å². The Bertz CT molecular complexity index is 352. The number of nitrogens with two attached hydrogens (primary N) is 2. The van der Waals surface area contributed by atoms with Gasteiger partial charge >= 0.3 is 6.03 Å². The van der Waals surface area contributed by atoms with E-state index >= 15 is 0 Å². The second-order valence-corrected chi connectivity index (χ2v) is 2.72. The van der Waals surface area contributed by atoms with Crippen molar-refractivity contribution in [3.8, 4) is 0 Å². The van der Waals surface area contributed by atoms with Gasteiger partial charge in [-0.25, -0.2) is 4.79 Å². The number of furan rings is 1. The maximum Gasteiger partial charge on any atom is 0.344 e. The van der Waals surface area contributed by atoms with Crippen LogP contribution in [0.3, 0.4) is 0 Å². The number of hydrogen-bond donors (Lipinski definition) is 3. The second kappa shape index (κ2) is 4.31. The number of nitrogens with zero attached hydrogens (tertiary/aromatic N) is 1. The van der Waals surface area contributed by atoms with Crippen molar-refractivity contribution in [1.29, 1.82) is 0 Å². The van der Waals surface area contributed by atoms with Crippen molar-refractivity contribution in [2.45, 2.75) is 13.5 Å². The maximum atomic E-state index is 11.0. The molecule has 5 N–H and O–H groups in total. The first kappa shape index (κ1) is 10.1. The lowest BCUT2D eigenvalue weighted by atomic mass is 10.3. The van der Waals surface area contributed by atoms with Crippen LogP contribution in [0.1, 0.15) is 11.3 Å². The minimum Gasteiger partial charge on any atom is -0.467 e. The quantitative estimate of drug-likeness (QED) is 0.459. The van der Waals surface area contributed by atoms with Crippen LogP contribution in [0.4, 0.5) is 4.79 Å². The fourth-order valence-electron chi connectivity index (χ4n) is 0.898. The van der Waals surface area contributed by atoms with Crippen LogP contribution in [0.25, 0.3) is 0 Å². The predicted octanol–water partition coefficient (Wildman–Crippen LogP) is 0.0710. The number of carbonyl (C=O) groups excluding carboxylic acids is 1. The molecule has 6 heteroatoms. The van der Waals surface area contributed by atoms with E-state index in [-0.39, 0.29) is 12.5 Å². The standard InChI is InChI=1S/C8H12N4O2/c1-5-2-3-14-6(5)4-11-8(13)12-7(9)10/h2-3H,4H2,1H3,(H5,9,10,11,12,13). The molecule has 14 heavy (non-hydrogen) atoms. The Morgan fingerprint density at radius 3 is 2.86 bits per heavy atom. The Morgan fingerprint density at radius 1 is 1.64 bits per heavy atom. The van der Waals surface area contributed by atoms with Gasteiger partial charge in [-0.15, -0.1) is 0 Å². The zero-order chi connectivity index (χ0) is 10.6. The van der Waals surface area contributed by atoms with E-state index in [2.05, 4.69) is 10.3 Å². The summed E-state index contributed by atoms with van der Waals surface area (Å²) in [5, 5.41) is 2.48. The molecule has 0 bridgehead atoms. The van der Waals surface area contributed by atoms with Crippen molar-refractivity contribution >= 4 is 12.0 Å². The normalized spacial score (nSPS) is 9.50. The van der Waals surface area contributed by atoms with E-state index in [9.17, 15) is 4.79 Å². The van der Waals surface area contributed by atoms with Crippen LogP contribution >= 0.6 is 0 Å². The van der Waals surface area contributed by atoms with E-state index in [0.29, 0.717) is 5.76 Å². The highest BCUT2D eigenvalue weighted by molar-refractivity contribution is 5.90. The number of aliphatic imine (C=N–C) groups is 1. The molecule has 0 fully saturated rings. The minimum absolute atomic E-state index is 0.265. The molecule has 0 aliphatic carbocycles. The molecule has 0 aliphatic rings. The van der Waals surface area contributed by atoms with Crippen molar-refractivity contribution in [2.75, 3.05) is 0 Å². The van der Waals surface area contributed by atoms with Crippen LogP contribution in [0.15, 0.2) is 21.7 Å². The van der Waals surface area contributed by atoms with E-state index in [0.717, 1.165) is 5.56 Å². The van der Waals surface area contributed by atoms with Gasteiger partial charge in [0, 0.05) is 0 Å². The van der Waals surface area contributed by atoms with E-state index in [1.807, 2.05) is 13.0 Å². The summed E-state index contributed by atoms with van der Waals surface area (Å²) in [6.07, 6.45) is 1.55. The number of guanidine groups is 1. The van der Waals surface area contributed by atoms with Crippen LogP contribution in [-0.2, 0) is 6.54 Å². The summed E-state index contributed by atoms with van der Waals surface area (Å²) >= 11 is 0. The first-order chi connectivity index (χ1) is 6.59. The Hall–Kier alpha value is -1.98. The van der Waals surface area contributed by atoms with Crippen molar-refractivity contribution in [2.24, 2.45) is 16.5 Å². The molecule has 0 atom stereocenters. The largest absolute Gasteiger partial charge is 0.467 e. The SMILES string of the molecule is Cc1ccoc1CNC(=O)N=C(N)N. The summed E-state index contributed by atoms with van der Waals surface area (Å²) in [5.74, 6) is 0.419. The molecule has 0 radical (unpaired) electrons. The monoisotopic (exact) mass is 196 g/mol.